The molecule has 2 saturated heterocycles. The second-order valence-electron chi connectivity index (χ2n) is 8.69. The fourth-order valence-electron chi connectivity index (χ4n) is 4.19. The Morgan fingerprint density at radius 2 is 2.03 bits per heavy atom. The van der Waals surface area contributed by atoms with Crippen molar-refractivity contribution in [3.8, 4) is 11.5 Å². The van der Waals surface area contributed by atoms with Gasteiger partial charge in [0.15, 0.2) is 5.17 Å². The van der Waals surface area contributed by atoms with Gasteiger partial charge >= 0.3 is 0 Å². The first-order valence-electron chi connectivity index (χ1n) is 11.7. The van der Waals surface area contributed by atoms with E-state index >= 15 is 0 Å². The van der Waals surface area contributed by atoms with E-state index in [1.165, 1.54) is 18.9 Å². The number of amidine groups is 1. The number of amides is 2. The Labute approximate surface area is 210 Å². The third-order valence-corrected chi connectivity index (χ3v) is 7.23. The standard InChI is InChI=1S/C26H31N3O5S/c1-16-7-9-20(17(2)12-16)28-26-29(15-19-6-5-11-34-19)25(31)23(35-26)14-24(30)27-21-10-8-18(32-3)13-22(21)33-4/h7-10,12-13,19,23H,5-6,11,14-15H2,1-4H3,(H,27,30)/t19-,23-/m0/s1. The highest BCUT2D eigenvalue weighted by Crippen LogP contribution is 2.35. The van der Waals surface area contributed by atoms with E-state index in [0.717, 1.165) is 29.7 Å². The van der Waals surface area contributed by atoms with Gasteiger partial charge in [-0.2, -0.15) is 0 Å². The van der Waals surface area contributed by atoms with Gasteiger partial charge < -0.3 is 19.5 Å². The maximum atomic E-state index is 13.4. The monoisotopic (exact) mass is 497 g/mol. The molecule has 0 radical (unpaired) electrons. The smallest absolute Gasteiger partial charge is 0.242 e. The Morgan fingerprint density at radius 1 is 1.20 bits per heavy atom. The zero-order valence-corrected chi connectivity index (χ0v) is 21.3. The topological polar surface area (TPSA) is 89.5 Å². The molecule has 2 aromatic rings. The SMILES string of the molecule is COc1ccc(NC(=O)C[C@@H]2SC(=Nc3ccc(C)cc3C)N(C[C@@H]3CCCO3)C2=O)c(OC)c1. The lowest BCUT2D eigenvalue weighted by Gasteiger charge is -2.20. The van der Waals surface area contributed by atoms with E-state index < -0.39 is 5.25 Å². The van der Waals surface area contributed by atoms with E-state index in [9.17, 15) is 9.59 Å². The van der Waals surface area contributed by atoms with Gasteiger partial charge in [-0.05, 0) is 50.5 Å². The number of nitrogens with one attached hydrogen (secondary N) is 1. The Bertz CT molecular complexity index is 1130. The Kier molecular flexibility index (Phi) is 7.97. The van der Waals surface area contributed by atoms with Gasteiger partial charge in [0.05, 0.1) is 38.2 Å². The number of aliphatic imine (C=N–C) groups is 1. The number of anilines is 1. The van der Waals surface area contributed by atoms with E-state index in [4.69, 9.17) is 19.2 Å². The lowest BCUT2D eigenvalue weighted by atomic mass is 10.1. The van der Waals surface area contributed by atoms with E-state index in [0.29, 0.717) is 35.5 Å². The molecule has 35 heavy (non-hydrogen) atoms. The molecule has 0 bridgehead atoms. The molecule has 0 spiro atoms. The predicted octanol–water partition coefficient (Wildman–Crippen LogP) is 4.46. The number of hydrogen-bond donors (Lipinski definition) is 1. The van der Waals surface area contributed by atoms with Gasteiger partial charge in [0.1, 0.15) is 16.7 Å². The third kappa shape index (κ3) is 5.97. The molecule has 2 fully saturated rings. The number of carbonyl (C=O) groups is 2. The summed E-state index contributed by atoms with van der Waals surface area (Å²) in [6.07, 6.45) is 1.90. The summed E-state index contributed by atoms with van der Waals surface area (Å²) in [4.78, 5) is 32.8. The molecule has 186 valence electrons. The zero-order valence-electron chi connectivity index (χ0n) is 20.5. The van der Waals surface area contributed by atoms with Gasteiger partial charge in [0, 0.05) is 19.1 Å². The number of aryl methyl sites for hydroxylation is 2. The van der Waals surface area contributed by atoms with Crippen LogP contribution in [0.3, 0.4) is 0 Å². The van der Waals surface area contributed by atoms with E-state index in [1.807, 2.05) is 26.0 Å². The first-order chi connectivity index (χ1) is 16.9. The van der Waals surface area contributed by atoms with Crippen LogP contribution in [0.15, 0.2) is 41.4 Å². The minimum atomic E-state index is -0.565. The van der Waals surface area contributed by atoms with Crippen LogP contribution >= 0.6 is 11.8 Å². The van der Waals surface area contributed by atoms with Crippen LogP contribution in [0.1, 0.15) is 30.4 Å². The van der Waals surface area contributed by atoms with Crippen molar-refractivity contribution >= 4 is 40.1 Å². The fraction of sp³-hybridized carbons (Fsp3) is 0.423. The third-order valence-electron chi connectivity index (χ3n) is 6.05. The van der Waals surface area contributed by atoms with Crippen molar-refractivity contribution in [1.82, 2.24) is 4.90 Å². The molecule has 0 unspecified atom stereocenters. The molecule has 2 aromatic carbocycles. The van der Waals surface area contributed by atoms with Crippen LogP contribution in [0, 0.1) is 13.8 Å². The maximum absolute atomic E-state index is 13.4. The van der Waals surface area contributed by atoms with Gasteiger partial charge in [-0.3, -0.25) is 14.5 Å². The second-order valence-corrected chi connectivity index (χ2v) is 9.86. The lowest BCUT2D eigenvalue weighted by Crippen LogP contribution is -2.38. The van der Waals surface area contributed by atoms with Gasteiger partial charge in [-0.15, -0.1) is 0 Å². The Balaban J connectivity index is 1.52. The predicted molar refractivity (Wildman–Crippen MR) is 138 cm³/mol. The van der Waals surface area contributed by atoms with Crippen molar-refractivity contribution < 1.29 is 23.8 Å². The molecular formula is C26H31N3O5S. The number of hydrogen-bond acceptors (Lipinski definition) is 7. The highest BCUT2D eigenvalue weighted by Gasteiger charge is 2.40. The van der Waals surface area contributed by atoms with Crippen molar-refractivity contribution in [1.29, 1.82) is 0 Å². The van der Waals surface area contributed by atoms with Crippen molar-refractivity contribution in [2.24, 2.45) is 4.99 Å². The molecule has 4 rings (SSSR count). The molecule has 0 saturated carbocycles. The van der Waals surface area contributed by atoms with Crippen LogP contribution in [0.4, 0.5) is 11.4 Å². The Hall–Kier alpha value is -3.04. The van der Waals surface area contributed by atoms with Gasteiger partial charge in [-0.25, -0.2) is 4.99 Å². The van der Waals surface area contributed by atoms with Crippen LogP contribution in [-0.2, 0) is 14.3 Å². The second kappa shape index (κ2) is 11.1. The molecule has 2 amide bonds. The summed E-state index contributed by atoms with van der Waals surface area (Å²) in [6, 6.07) is 11.2. The summed E-state index contributed by atoms with van der Waals surface area (Å²) < 4.78 is 16.4. The van der Waals surface area contributed by atoms with E-state index in [1.54, 1.807) is 30.2 Å². The molecule has 2 heterocycles. The number of carbonyl (C=O) groups excluding carboxylic acids is 2. The van der Waals surface area contributed by atoms with Gasteiger partial charge in [0.2, 0.25) is 11.8 Å². The van der Waals surface area contributed by atoms with Gasteiger partial charge in [-0.1, -0.05) is 29.5 Å². The van der Waals surface area contributed by atoms with E-state index in [2.05, 4.69) is 11.4 Å². The summed E-state index contributed by atoms with van der Waals surface area (Å²) in [5.41, 5.74) is 3.53. The first-order valence-corrected chi connectivity index (χ1v) is 12.5. The van der Waals surface area contributed by atoms with Crippen LogP contribution in [0.2, 0.25) is 0 Å². The summed E-state index contributed by atoms with van der Waals surface area (Å²) >= 11 is 1.33. The molecule has 2 aliphatic rings. The average Bonchev–Trinajstić information content (AvgIpc) is 3.45. The van der Waals surface area contributed by atoms with E-state index in [-0.39, 0.29) is 24.3 Å². The number of methoxy groups -OCH3 is 2. The largest absolute Gasteiger partial charge is 0.497 e. The molecule has 2 atom stereocenters. The maximum Gasteiger partial charge on any atom is 0.242 e. The summed E-state index contributed by atoms with van der Waals surface area (Å²) in [7, 11) is 3.09. The van der Waals surface area contributed by atoms with Crippen LogP contribution in [0.25, 0.3) is 0 Å². The quantitative estimate of drug-likeness (QED) is 0.579. The molecule has 0 aliphatic carbocycles. The first kappa shape index (κ1) is 25.1. The highest BCUT2D eigenvalue weighted by atomic mass is 32.2. The molecule has 2 aliphatic heterocycles. The van der Waals surface area contributed by atoms with Crippen LogP contribution in [0.5, 0.6) is 11.5 Å². The van der Waals surface area contributed by atoms with Crippen molar-refractivity contribution in [2.45, 2.75) is 44.5 Å². The van der Waals surface area contributed by atoms with Crippen LogP contribution < -0.4 is 14.8 Å². The van der Waals surface area contributed by atoms with Crippen molar-refractivity contribution in [3.63, 3.8) is 0 Å². The molecule has 9 heteroatoms. The number of benzene rings is 2. The van der Waals surface area contributed by atoms with Crippen LogP contribution in [-0.4, -0.2) is 60.6 Å². The fourth-order valence-corrected chi connectivity index (χ4v) is 5.35. The highest BCUT2D eigenvalue weighted by molar-refractivity contribution is 8.15. The van der Waals surface area contributed by atoms with Crippen molar-refractivity contribution in [2.75, 3.05) is 32.7 Å². The summed E-state index contributed by atoms with van der Waals surface area (Å²) in [5.74, 6) is 0.716. The van der Waals surface area contributed by atoms with Gasteiger partial charge in [0.25, 0.3) is 0 Å². The number of nitrogens with zero attached hydrogens (tertiary/aromatic N) is 2. The average molecular weight is 498 g/mol. The molecular weight excluding hydrogens is 466 g/mol. The summed E-state index contributed by atoms with van der Waals surface area (Å²) in [6.45, 7) is 5.19. The van der Waals surface area contributed by atoms with Crippen molar-refractivity contribution in [3.05, 3.63) is 47.5 Å². The molecule has 1 N–H and O–H groups in total. The number of ether oxygens (including phenoxy) is 3. The summed E-state index contributed by atoms with van der Waals surface area (Å²) in [5, 5.41) is 2.90. The Morgan fingerprint density at radius 3 is 2.71 bits per heavy atom. The normalized spacial score (nSPS) is 21.0. The number of rotatable bonds is 8. The molecule has 0 aromatic heterocycles. The molecule has 8 nitrogen and oxygen atoms in total. The lowest BCUT2D eigenvalue weighted by molar-refractivity contribution is -0.129. The number of thioether (sulfide) groups is 1. The minimum Gasteiger partial charge on any atom is -0.497 e. The zero-order chi connectivity index (χ0) is 24.9. The minimum absolute atomic E-state index is 0.0139.